The average molecular weight is 735 g/mol. The Balaban J connectivity index is 2.18. The first kappa shape index (κ1) is 39.3. The summed E-state index contributed by atoms with van der Waals surface area (Å²) in [6, 6.07) is 9.13. The van der Waals surface area contributed by atoms with Crippen molar-refractivity contribution in [1.82, 2.24) is 14.1 Å². The summed E-state index contributed by atoms with van der Waals surface area (Å²) in [6.45, 7) is 13.4. The molecule has 2 atom stereocenters. The van der Waals surface area contributed by atoms with Crippen LogP contribution in [0.15, 0.2) is 36.5 Å². The molecule has 0 spiro atoms. The van der Waals surface area contributed by atoms with Crippen LogP contribution in [-0.4, -0.2) is 72.7 Å². The van der Waals surface area contributed by atoms with Gasteiger partial charge in [-0.15, -0.1) is 0 Å². The topological polar surface area (TPSA) is 127 Å². The van der Waals surface area contributed by atoms with E-state index in [1.165, 1.54) is 43.5 Å². The fourth-order valence-corrected chi connectivity index (χ4v) is 6.35. The van der Waals surface area contributed by atoms with Gasteiger partial charge in [0.2, 0.25) is 0 Å². The summed E-state index contributed by atoms with van der Waals surface area (Å²) in [5, 5.41) is 9.42. The van der Waals surface area contributed by atoms with Crippen molar-refractivity contribution in [3.05, 3.63) is 59.0 Å². The molecule has 51 heavy (non-hydrogen) atoms. The monoisotopic (exact) mass is 734 g/mol. The molecule has 11 nitrogen and oxygen atoms in total. The molecule has 4 rings (SSSR count). The number of imidazole rings is 1. The third-order valence-electron chi connectivity index (χ3n) is 7.85. The predicted molar refractivity (Wildman–Crippen MR) is 183 cm³/mol. The standard InChI is InChI=1S/C35H42F4N4O7Si/c1-10-48-30(44)29(36)49-34(35(37,38)39,27-23-13-14-42(32(45)50-33(3,4)5)28(23)21(2)17-26(27)46-6)31-41-24-12-11-22(19-40)18-25(24)43(31)20-47-15-16-51(7,8)9/h11-14,17-18,29H,10,15-16,20H2,1-9H3. The number of methoxy groups -OCH3 is 1. The van der Waals surface area contributed by atoms with Gasteiger partial charge in [-0.3, -0.25) is 4.57 Å². The molecule has 0 N–H and O–H groups in total. The molecular weight excluding hydrogens is 692 g/mol. The molecule has 2 unspecified atom stereocenters. The van der Waals surface area contributed by atoms with Crippen LogP contribution in [0.4, 0.5) is 22.4 Å². The number of rotatable bonds is 12. The summed E-state index contributed by atoms with van der Waals surface area (Å²) >= 11 is 0. The second-order valence-corrected chi connectivity index (χ2v) is 19.7. The molecule has 4 aromatic rings. The van der Waals surface area contributed by atoms with Gasteiger partial charge in [-0.2, -0.15) is 18.4 Å². The number of carbonyl (C=O) groups excluding carboxylic acids is 2. The molecule has 2 aromatic carbocycles. The Hall–Kier alpha value is -4.46. The van der Waals surface area contributed by atoms with Crippen molar-refractivity contribution in [2.24, 2.45) is 0 Å². The molecule has 16 heteroatoms. The van der Waals surface area contributed by atoms with E-state index in [2.05, 4.69) is 24.6 Å². The number of carbonyl (C=O) groups is 2. The lowest BCUT2D eigenvalue weighted by Gasteiger charge is -2.37. The lowest BCUT2D eigenvalue weighted by molar-refractivity contribution is -0.297. The normalized spacial score (nSPS) is 14.3. The molecule has 0 amide bonds. The van der Waals surface area contributed by atoms with Gasteiger partial charge in [-0.25, -0.2) is 19.0 Å². The molecule has 2 aromatic heterocycles. The summed E-state index contributed by atoms with van der Waals surface area (Å²) in [5.41, 5.74) is -5.23. The molecule has 0 saturated heterocycles. The van der Waals surface area contributed by atoms with Gasteiger partial charge in [0.05, 0.1) is 47.5 Å². The first-order valence-corrected chi connectivity index (χ1v) is 19.9. The molecule has 0 aliphatic carbocycles. The van der Waals surface area contributed by atoms with E-state index >= 15 is 17.6 Å². The number of hydrogen-bond acceptors (Lipinski definition) is 9. The van der Waals surface area contributed by atoms with Crippen LogP contribution in [0.25, 0.3) is 21.9 Å². The van der Waals surface area contributed by atoms with Crippen molar-refractivity contribution in [1.29, 1.82) is 5.26 Å². The van der Waals surface area contributed by atoms with Crippen molar-refractivity contribution >= 4 is 42.1 Å². The van der Waals surface area contributed by atoms with Gasteiger partial charge in [-0.1, -0.05) is 19.6 Å². The molecular formula is C35H42F4N4O7Si. The highest BCUT2D eigenvalue weighted by atomic mass is 28.3. The van der Waals surface area contributed by atoms with Gasteiger partial charge in [0.25, 0.3) is 12.0 Å². The van der Waals surface area contributed by atoms with Gasteiger partial charge in [-0.05, 0) is 76.6 Å². The Kier molecular flexibility index (Phi) is 11.3. The zero-order chi connectivity index (χ0) is 38.1. The van der Waals surface area contributed by atoms with Crippen LogP contribution >= 0.6 is 0 Å². The third kappa shape index (κ3) is 8.05. The van der Waals surface area contributed by atoms with Crippen LogP contribution in [0.3, 0.4) is 0 Å². The van der Waals surface area contributed by atoms with Crippen molar-refractivity contribution in [3.8, 4) is 11.8 Å². The molecule has 0 radical (unpaired) electrons. The van der Waals surface area contributed by atoms with Crippen molar-refractivity contribution in [3.63, 3.8) is 0 Å². The van der Waals surface area contributed by atoms with Crippen LogP contribution in [0, 0.1) is 18.3 Å². The maximum absolute atomic E-state index is 16.3. The molecule has 276 valence electrons. The number of esters is 1. The van der Waals surface area contributed by atoms with E-state index in [1.807, 2.05) is 6.07 Å². The fraction of sp³-hybridized carbons (Fsp3) is 0.486. The maximum Gasteiger partial charge on any atom is 0.429 e. The van der Waals surface area contributed by atoms with E-state index in [9.17, 15) is 14.9 Å². The van der Waals surface area contributed by atoms with Crippen LogP contribution in [0.1, 0.15) is 50.2 Å². The predicted octanol–water partition coefficient (Wildman–Crippen LogP) is 7.96. The highest BCUT2D eigenvalue weighted by Gasteiger charge is 2.65. The second kappa shape index (κ2) is 14.6. The summed E-state index contributed by atoms with van der Waals surface area (Å²) in [7, 11) is -0.528. The van der Waals surface area contributed by atoms with Gasteiger partial charge in [0.1, 0.15) is 18.1 Å². The number of hydrogen-bond donors (Lipinski definition) is 0. The largest absolute Gasteiger partial charge is 0.496 e. The van der Waals surface area contributed by atoms with Crippen LogP contribution < -0.4 is 4.74 Å². The van der Waals surface area contributed by atoms with Crippen LogP contribution in [0.2, 0.25) is 25.7 Å². The molecule has 0 aliphatic rings. The quantitative estimate of drug-likeness (QED) is 0.0617. The van der Waals surface area contributed by atoms with Gasteiger partial charge < -0.3 is 28.3 Å². The highest BCUT2D eigenvalue weighted by Crippen LogP contribution is 2.54. The summed E-state index contributed by atoms with van der Waals surface area (Å²) in [4.78, 5) is 30.4. The average Bonchev–Trinajstić information content (AvgIpc) is 3.62. The number of alkyl halides is 4. The summed E-state index contributed by atoms with van der Waals surface area (Å²) in [5.74, 6) is -3.04. The number of aromatic nitrogens is 3. The molecule has 0 aliphatic heterocycles. The minimum Gasteiger partial charge on any atom is -0.496 e. The Labute approximate surface area is 294 Å². The second-order valence-electron chi connectivity index (χ2n) is 14.1. The van der Waals surface area contributed by atoms with Crippen LogP contribution in [0.5, 0.6) is 5.75 Å². The van der Waals surface area contributed by atoms with Crippen LogP contribution in [-0.2, 0) is 36.1 Å². The van der Waals surface area contributed by atoms with Gasteiger partial charge >= 0.3 is 18.2 Å². The van der Waals surface area contributed by atoms with Crippen molar-refractivity contribution in [2.45, 2.75) is 90.8 Å². The van der Waals surface area contributed by atoms with E-state index in [-0.39, 0.29) is 40.7 Å². The minimum atomic E-state index is -5.58. The zero-order valence-electron chi connectivity index (χ0n) is 30.0. The number of halogens is 4. The van der Waals surface area contributed by atoms with Gasteiger partial charge in [0.15, 0.2) is 5.82 Å². The van der Waals surface area contributed by atoms with Crippen molar-refractivity contribution < 1.29 is 50.8 Å². The third-order valence-corrected chi connectivity index (χ3v) is 9.55. The molecule has 0 fully saturated rings. The molecule has 0 saturated carbocycles. The lowest BCUT2D eigenvalue weighted by atomic mass is 9.86. The van der Waals surface area contributed by atoms with Gasteiger partial charge in [0, 0.05) is 26.3 Å². The number of ether oxygens (including phenoxy) is 5. The minimum absolute atomic E-state index is 0.00443. The number of nitrogens with zero attached hydrogens (tertiary/aromatic N) is 4. The number of nitriles is 1. The molecule has 0 bridgehead atoms. The number of benzene rings is 2. The first-order chi connectivity index (χ1) is 23.7. The van der Waals surface area contributed by atoms with E-state index in [1.54, 1.807) is 27.7 Å². The zero-order valence-corrected chi connectivity index (χ0v) is 31.0. The number of aryl methyl sites for hydroxylation is 1. The van der Waals surface area contributed by atoms with E-state index in [4.69, 9.17) is 23.7 Å². The molecule has 2 heterocycles. The van der Waals surface area contributed by atoms with E-state index in [0.29, 0.717) is 11.6 Å². The lowest BCUT2D eigenvalue weighted by Crippen LogP contribution is -2.51. The summed E-state index contributed by atoms with van der Waals surface area (Å²) < 4.78 is 94.1. The summed E-state index contributed by atoms with van der Waals surface area (Å²) in [6.07, 6.45) is -8.54. The van der Waals surface area contributed by atoms with E-state index < -0.39 is 67.7 Å². The highest BCUT2D eigenvalue weighted by molar-refractivity contribution is 6.76. The fourth-order valence-electron chi connectivity index (χ4n) is 5.59. The Morgan fingerprint density at radius 2 is 1.78 bits per heavy atom. The maximum atomic E-state index is 16.3. The number of fused-ring (bicyclic) bond motifs is 2. The smallest absolute Gasteiger partial charge is 0.429 e. The first-order valence-electron chi connectivity index (χ1n) is 16.2. The Bertz CT molecular complexity index is 1970. The van der Waals surface area contributed by atoms with Crippen molar-refractivity contribution in [2.75, 3.05) is 20.3 Å². The Morgan fingerprint density at radius 3 is 2.35 bits per heavy atom. The SMILES string of the molecule is CCOC(=O)C(F)OC(c1c(OC)cc(C)c2c1ccn2C(=O)OC(C)(C)C)(c1nc2ccc(C#N)cc2n1COCC[Si](C)(C)C)C(F)(F)F. The Morgan fingerprint density at radius 1 is 1.10 bits per heavy atom. The van der Waals surface area contributed by atoms with E-state index in [0.717, 1.165) is 16.2 Å².